The second-order valence-electron chi connectivity index (χ2n) is 4.22. The molecule has 0 radical (unpaired) electrons. The van der Waals surface area contributed by atoms with Crippen LogP contribution in [0.3, 0.4) is 0 Å². The monoisotopic (exact) mass is 249 g/mol. The topological polar surface area (TPSA) is 60.7 Å². The summed E-state index contributed by atoms with van der Waals surface area (Å²) in [6, 6.07) is 0. The van der Waals surface area contributed by atoms with Gasteiger partial charge in [0.1, 0.15) is 0 Å². The summed E-state index contributed by atoms with van der Waals surface area (Å²) in [5.74, 6) is 0. The maximum atomic E-state index is 8.94. The molecule has 0 aromatic heterocycles. The molecular formula is C12H26O3P+. The molecule has 16 heavy (non-hydrogen) atoms. The Balaban J connectivity index is 4.37. The summed E-state index contributed by atoms with van der Waals surface area (Å²) >= 11 is 0. The fourth-order valence-corrected chi connectivity index (χ4v) is 6.30. The van der Waals surface area contributed by atoms with E-state index in [2.05, 4.69) is 6.58 Å². The van der Waals surface area contributed by atoms with E-state index in [0.29, 0.717) is 0 Å². The summed E-state index contributed by atoms with van der Waals surface area (Å²) in [5.41, 5.74) is 0. The molecule has 3 N–H and O–H groups in total. The van der Waals surface area contributed by atoms with Crippen molar-refractivity contribution in [2.75, 3.05) is 44.5 Å². The van der Waals surface area contributed by atoms with Gasteiger partial charge in [-0.2, -0.15) is 0 Å². The van der Waals surface area contributed by atoms with E-state index in [4.69, 9.17) is 15.3 Å². The lowest BCUT2D eigenvalue weighted by Crippen LogP contribution is -2.14. The van der Waals surface area contributed by atoms with Gasteiger partial charge in [0.25, 0.3) is 0 Å². The highest BCUT2D eigenvalue weighted by atomic mass is 31.2. The quantitative estimate of drug-likeness (QED) is 0.382. The van der Waals surface area contributed by atoms with Gasteiger partial charge in [-0.1, -0.05) is 12.7 Å². The van der Waals surface area contributed by atoms with Gasteiger partial charge in [0, 0.05) is 46.3 Å². The standard InChI is InChI=1S/C12H26O3P/c1-2-9-16(10-3-6-13,11-4-7-14)12-5-8-15/h2,13-15H,1,3-12H2/q+1. The van der Waals surface area contributed by atoms with Crippen LogP contribution in [0.5, 0.6) is 0 Å². The zero-order valence-corrected chi connectivity index (χ0v) is 11.0. The highest BCUT2D eigenvalue weighted by molar-refractivity contribution is 7.76. The fourth-order valence-electron chi connectivity index (χ4n) is 2.10. The predicted molar refractivity (Wildman–Crippen MR) is 71.7 cm³/mol. The molecule has 0 saturated heterocycles. The number of aliphatic hydroxyl groups is 3. The maximum absolute atomic E-state index is 8.94. The van der Waals surface area contributed by atoms with Crippen molar-refractivity contribution in [1.82, 2.24) is 0 Å². The minimum Gasteiger partial charge on any atom is -0.396 e. The zero-order valence-electron chi connectivity index (χ0n) is 10.1. The number of allylic oxidation sites excluding steroid dienone is 1. The summed E-state index contributed by atoms with van der Waals surface area (Å²) in [5, 5.41) is 26.8. The summed E-state index contributed by atoms with van der Waals surface area (Å²) < 4.78 is 0. The number of hydrogen-bond donors (Lipinski definition) is 3. The molecule has 0 aromatic carbocycles. The van der Waals surface area contributed by atoms with E-state index >= 15 is 0 Å². The van der Waals surface area contributed by atoms with Crippen LogP contribution in [-0.2, 0) is 0 Å². The van der Waals surface area contributed by atoms with E-state index in [9.17, 15) is 0 Å². The molecule has 0 heterocycles. The van der Waals surface area contributed by atoms with E-state index < -0.39 is 7.26 Å². The van der Waals surface area contributed by atoms with Crippen LogP contribution in [0.2, 0.25) is 0 Å². The van der Waals surface area contributed by atoms with Gasteiger partial charge in [-0.3, -0.25) is 0 Å². The van der Waals surface area contributed by atoms with Crippen molar-refractivity contribution in [2.45, 2.75) is 19.3 Å². The summed E-state index contributed by atoms with van der Waals surface area (Å²) in [7, 11) is -1.14. The van der Waals surface area contributed by atoms with Gasteiger partial charge >= 0.3 is 0 Å². The van der Waals surface area contributed by atoms with E-state index in [1.807, 2.05) is 6.08 Å². The highest BCUT2D eigenvalue weighted by Gasteiger charge is 2.34. The van der Waals surface area contributed by atoms with Gasteiger partial charge in [-0.05, 0) is 0 Å². The third-order valence-corrected chi connectivity index (χ3v) is 7.72. The molecule has 0 spiro atoms. The minimum atomic E-state index is -1.14. The molecule has 0 amide bonds. The molecule has 0 aromatic rings. The van der Waals surface area contributed by atoms with Crippen molar-refractivity contribution in [1.29, 1.82) is 0 Å². The molecular weight excluding hydrogens is 223 g/mol. The Bertz CT molecular complexity index is 152. The second-order valence-corrected chi connectivity index (χ2v) is 8.61. The van der Waals surface area contributed by atoms with E-state index in [-0.39, 0.29) is 19.8 Å². The highest BCUT2D eigenvalue weighted by Crippen LogP contribution is 2.60. The zero-order chi connectivity index (χ0) is 12.3. The summed E-state index contributed by atoms with van der Waals surface area (Å²) in [6.07, 6.45) is 8.61. The van der Waals surface area contributed by atoms with Crippen LogP contribution in [0.15, 0.2) is 12.7 Å². The average Bonchev–Trinajstić information content (AvgIpc) is 2.31. The van der Waals surface area contributed by atoms with Crippen molar-refractivity contribution in [3.05, 3.63) is 12.7 Å². The van der Waals surface area contributed by atoms with Gasteiger partial charge in [0.2, 0.25) is 0 Å². The molecule has 96 valence electrons. The Morgan fingerprint density at radius 3 is 1.44 bits per heavy atom. The predicted octanol–water partition coefficient (Wildman–Crippen LogP) is 1.34. The molecule has 0 aliphatic carbocycles. The van der Waals surface area contributed by atoms with Gasteiger partial charge < -0.3 is 15.3 Å². The molecule has 4 heteroatoms. The second kappa shape index (κ2) is 10.2. The number of rotatable bonds is 11. The Labute approximate surface area is 99.5 Å². The molecule has 0 unspecified atom stereocenters. The SMILES string of the molecule is C=CC[P+](CCCO)(CCCO)CCCO. The first-order valence-electron chi connectivity index (χ1n) is 6.03. The molecule has 0 aliphatic rings. The van der Waals surface area contributed by atoms with Crippen LogP contribution in [-0.4, -0.2) is 59.8 Å². The first-order valence-corrected chi connectivity index (χ1v) is 8.56. The van der Waals surface area contributed by atoms with Gasteiger partial charge in [0.05, 0.1) is 24.6 Å². The Morgan fingerprint density at radius 2 is 1.19 bits per heavy atom. The lowest BCUT2D eigenvalue weighted by Gasteiger charge is -2.26. The van der Waals surface area contributed by atoms with Gasteiger partial charge in [-0.25, -0.2) is 0 Å². The Morgan fingerprint density at radius 1 is 0.812 bits per heavy atom. The average molecular weight is 249 g/mol. The number of hydrogen-bond acceptors (Lipinski definition) is 3. The molecule has 3 nitrogen and oxygen atoms in total. The molecule has 0 fully saturated rings. The van der Waals surface area contributed by atoms with Crippen molar-refractivity contribution in [3.8, 4) is 0 Å². The molecule has 0 aliphatic heterocycles. The van der Waals surface area contributed by atoms with Crippen molar-refractivity contribution < 1.29 is 15.3 Å². The first-order chi connectivity index (χ1) is 7.74. The van der Waals surface area contributed by atoms with Crippen molar-refractivity contribution >= 4 is 7.26 Å². The van der Waals surface area contributed by atoms with E-state index in [0.717, 1.165) is 43.9 Å². The first kappa shape index (κ1) is 16.1. The Hall–Kier alpha value is 0.0500. The smallest absolute Gasteiger partial charge is 0.0771 e. The lowest BCUT2D eigenvalue weighted by molar-refractivity contribution is 0.292. The molecule has 0 bridgehead atoms. The fraction of sp³-hybridized carbons (Fsp3) is 0.833. The van der Waals surface area contributed by atoms with E-state index in [1.54, 1.807) is 0 Å². The van der Waals surface area contributed by atoms with Crippen LogP contribution in [0.1, 0.15) is 19.3 Å². The van der Waals surface area contributed by atoms with Crippen LogP contribution in [0.25, 0.3) is 0 Å². The minimum absolute atomic E-state index is 0.233. The normalized spacial score (nSPS) is 11.7. The third-order valence-electron chi connectivity index (χ3n) is 2.89. The summed E-state index contributed by atoms with van der Waals surface area (Å²) in [6.45, 7) is 4.51. The maximum Gasteiger partial charge on any atom is 0.0771 e. The van der Waals surface area contributed by atoms with Crippen LogP contribution in [0, 0.1) is 0 Å². The molecule has 0 saturated carbocycles. The third kappa shape index (κ3) is 6.59. The van der Waals surface area contributed by atoms with Crippen LogP contribution in [0.4, 0.5) is 0 Å². The Kier molecular flexibility index (Phi) is 10.3. The lowest BCUT2D eigenvalue weighted by atomic mass is 10.5. The van der Waals surface area contributed by atoms with Crippen molar-refractivity contribution in [2.24, 2.45) is 0 Å². The number of aliphatic hydroxyl groups excluding tert-OH is 3. The summed E-state index contributed by atoms with van der Waals surface area (Å²) in [4.78, 5) is 0. The molecule has 0 rings (SSSR count). The van der Waals surface area contributed by atoms with E-state index in [1.165, 1.54) is 0 Å². The van der Waals surface area contributed by atoms with Crippen LogP contribution < -0.4 is 0 Å². The van der Waals surface area contributed by atoms with Gasteiger partial charge in [0.15, 0.2) is 0 Å². The van der Waals surface area contributed by atoms with Gasteiger partial charge in [-0.15, -0.1) is 0 Å². The van der Waals surface area contributed by atoms with Crippen LogP contribution >= 0.6 is 7.26 Å². The van der Waals surface area contributed by atoms with Crippen molar-refractivity contribution in [3.63, 3.8) is 0 Å². The molecule has 0 atom stereocenters. The largest absolute Gasteiger partial charge is 0.396 e.